The number of hydrogen-bond donors (Lipinski definition) is 2. The highest BCUT2D eigenvalue weighted by Crippen LogP contribution is 2.54. The first kappa shape index (κ1) is 27.8. The highest BCUT2D eigenvalue weighted by atomic mass is 79.9. The van der Waals surface area contributed by atoms with Crippen molar-refractivity contribution in [1.82, 2.24) is 4.98 Å². The Bertz CT molecular complexity index is 1740. The van der Waals surface area contributed by atoms with E-state index in [2.05, 4.69) is 26.2 Å². The van der Waals surface area contributed by atoms with E-state index in [0.717, 1.165) is 21.4 Å². The monoisotopic (exact) mass is 669 g/mol. The van der Waals surface area contributed by atoms with Crippen LogP contribution in [-0.4, -0.2) is 34.6 Å². The number of nitrogens with zero attached hydrogens (tertiary/aromatic N) is 1. The van der Waals surface area contributed by atoms with Gasteiger partial charge >= 0.3 is 4.87 Å². The number of carbonyl (C=O) groups excluding carboxylic acids is 3. The molecule has 3 heterocycles. The molecule has 0 saturated carbocycles. The maximum atomic E-state index is 14.0. The smallest absolute Gasteiger partial charge is 0.305 e. The molecule has 0 bridgehead atoms. The van der Waals surface area contributed by atoms with Gasteiger partial charge in [-0.1, -0.05) is 68.3 Å². The number of nitrogens with one attached hydrogen (secondary N) is 2. The zero-order valence-corrected chi connectivity index (χ0v) is 25.3. The largest absolute Gasteiger partial charge is 0.483 e. The molecule has 3 atom stereocenters. The van der Waals surface area contributed by atoms with Gasteiger partial charge in [0.1, 0.15) is 11.0 Å². The number of amides is 3. The molecule has 1 aromatic heterocycles. The second-order valence-corrected chi connectivity index (χ2v) is 13.1. The van der Waals surface area contributed by atoms with Gasteiger partial charge < -0.3 is 15.0 Å². The Labute approximate surface area is 256 Å². The third-order valence-electron chi connectivity index (χ3n) is 6.91. The number of aromatic amines is 1. The van der Waals surface area contributed by atoms with E-state index in [1.165, 1.54) is 16.7 Å². The van der Waals surface area contributed by atoms with Crippen molar-refractivity contribution in [3.8, 4) is 5.75 Å². The standard InChI is InChI=1S/C29H21BrClN3O5S2/c1-14-2-9-18(10-3-14)34-27(36)23-22(24-26(33-29(38)41-24)40-25(23)28(34)37)19-12-15(30)4-11-20(19)39-13-21(35)32-17-7-5-16(31)6-8-17/h2-12,22-23,25H,13H2,1H3,(H,32,35)(H,33,38). The summed E-state index contributed by atoms with van der Waals surface area (Å²) in [6, 6.07) is 19.2. The van der Waals surface area contributed by atoms with Crippen LogP contribution >= 0.6 is 50.6 Å². The third-order valence-corrected chi connectivity index (χ3v) is 10.1. The summed E-state index contributed by atoms with van der Waals surface area (Å²) in [7, 11) is 0. The number of fused-ring (bicyclic) bond motifs is 2. The number of halogens is 2. The number of hydrogen-bond acceptors (Lipinski definition) is 7. The Kier molecular flexibility index (Phi) is 7.54. The summed E-state index contributed by atoms with van der Waals surface area (Å²) in [5.74, 6) is -2.14. The summed E-state index contributed by atoms with van der Waals surface area (Å²) in [5, 5.41) is 3.13. The van der Waals surface area contributed by atoms with Crippen LogP contribution in [0.1, 0.15) is 21.9 Å². The van der Waals surface area contributed by atoms with Crippen LogP contribution in [0.4, 0.5) is 11.4 Å². The molecule has 8 nitrogen and oxygen atoms in total. The van der Waals surface area contributed by atoms with Crippen molar-refractivity contribution in [2.75, 3.05) is 16.8 Å². The maximum Gasteiger partial charge on any atom is 0.305 e. The molecule has 2 aliphatic heterocycles. The first-order chi connectivity index (χ1) is 19.7. The summed E-state index contributed by atoms with van der Waals surface area (Å²) in [5.41, 5.74) is 2.67. The number of anilines is 2. The van der Waals surface area contributed by atoms with E-state index in [0.29, 0.717) is 37.6 Å². The molecule has 0 aliphatic carbocycles. The van der Waals surface area contributed by atoms with Crippen molar-refractivity contribution >= 4 is 79.7 Å². The molecule has 3 aromatic carbocycles. The van der Waals surface area contributed by atoms with Gasteiger partial charge in [-0.3, -0.25) is 19.2 Å². The van der Waals surface area contributed by atoms with Gasteiger partial charge in [-0.25, -0.2) is 4.90 Å². The Morgan fingerprint density at radius 1 is 1.05 bits per heavy atom. The van der Waals surface area contributed by atoms with Gasteiger partial charge in [0.05, 0.1) is 16.6 Å². The minimum absolute atomic E-state index is 0.275. The summed E-state index contributed by atoms with van der Waals surface area (Å²) < 4.78 is 6.72. The van der Waals surface area contributed by atoms with Gasteiger partial charge in [-0.15, -0.1) is 0 Å². The van der Waals surface area contributed by atoms with E-state index >= 15 is 0 Å². The minimum atomic E-state index is -0.785. The lowest BCUT2D eigenvalue weighted by Gasteiger charge is -2.31. The van der Waals surface area contributed by atoms with Gasteiger partial charge in [-0.05, 0) is 61.5 Å². The van der Waals surface area contributed by atoms with Crippen LogP contribution in [0.5, 0.6) is 5.75 Å². The van der Waals surface area contributed by atoms with Gasteiger partial charge in [0, 0.05) is 31.5 Å². The normalized spacial score (nSPS) is 19.6. The molecule has 0 spiro atoms. The van der Waals surface area contributed by atoms with Crippen molar-refractivity contribution in [3.63, 3.8) is 0 Å². The summed E-state index contributed by atoms with van der Waals surface area (Å²) in [6.07, 6.45) is 0. The molecule has 208 valence electrons. The molecular formula is C29H21BrClN3O5S2. The van der Waals surface area contributed by atoms with E-state index in [1.807, 2.05) is 25.1 Å². The predicted molar refractivity (Wildman–Crippen MR) is 163 cm³/mol. The predicted octanol–water partition coefficient (Wildman–Crippen LogP) is 5.97. The van der Waals surface area contributed by atoms with E-state index in [4.69, 9.17) is 16.3 Å². The van der Waals surface area contributed by atoms with E-state index < -0.39 is 17.1 Å². The number of carbonyl (C=O) groups is 3. The topological polar surface area (TPSA) is 109 Å². The van der Waals surface area contributed by atoms with E-state index in [1.54, 1.807) is 48.5 Å². The molecule has 41 heavy (non-hydrogen) atoms. The van der Waals surface area contributed by atoms with E-state index in [-0.39, 0.29) is 29.2 Å². The molecule has 3 unspecified atom stereocenters. The number of thiazole rings is 1. The van der Waals surface area contributed by atoms with Crippen LogP contribution in [0.2, 0.25) is 5.02 Å². The lowest BCUT2D eigenvalue weighted by Crippen LogP contribution is -2.32. The maximum absolute atomic E-state index is 14.0. The van der Waals surface area contributed by atoms with Gasteiger partial charge in [0.2, 0.25) is 11.8 Å². The van der Waals surface area contributed by atoms with Crippen LogP contribution in [-0.2, 0) is 14.4 Å². The van der Waals surface area contributed by atoms with E-state index in [9.17, 15) is 19.2 Å². The SMILES string of the molecule is Cc1ccc(N2C(=O)C3Sc4[nH]c(=O)sc4C(c4cc(Br)ccc4OCC(=O)Nc4ccc(Cl)cc4)C3C2=O)cc1. The second kappa shape index (κ2) is 11.1. The quantitative estimate of drug-likeness (QED) is 0.245. The van der Waals surface area contributed by atoms with Crippen molar-refractivity contribution < 1.29 is 19.1 Å². The van der Waals surface area contributed by atoms with Crippen LogP contribution in [0.25, 0.3) is 0 Å². The molecule has 6 rings (SSSR count). The fourth-order valence-electron chi connectivity index (χ4n) is 5.07. The molecule has 1 fully saturated rings. The van der Waals surface area contributed by atoms with Gasteiger partial charge in [-0.2, -0.15) is 0 Å². The van der Waals surface area contributed by atoms with Crippen LogP contribution < -0.4 is 19.8 Å². The Morgan fingerprint density at radius 3 is 2.51 bits per heavy atom. The first-order valence-electron chi connectivity index (χ1n) is 12.5. The fraction of sp³-hybridized carbons (Fsp3) is 0.172. The number of thioether (sulfide) groups is 1. The number of benzene rings is 3. The highest BCUT2D eigenvalue weighted by Gasteiger charge is 2.56. The fourth-order valence-corrected chi connectivity index (χ4v) is 8.08. The lowest BCUT2D eigenvalue weighted by atomic mass is 9.82. The molecule has 2 N–H and O–H groups in total. The zero-order valence-electron chi connectivity index (χ0n) is 21.4. The van der Waals surface area contributed by atoms with Crippen molar-refractivity contribution in [3.05, 3.63) is 102 Å². The molecule has 1 saturated heterocycles. The lowest BCUT2D eigenvalue weighted by molar-refractivity contribution is -0.122. The zero-order chi connectivity index (χ0) is 28.8. The number of imide groups is 1. The van der Waals surface area contributed by atoms with Crippen LogP contribution in [0.3, 0.4) is 0 Å². The van der Waals surface area contributed by atoms with Crippen LogP contribution in [0, 0.1) is 12.8 Å². The first-order valence-corrected chi connectivity index (χ1v) is 15.4. The summed E-state index contributed by atoms with van der Waals surface area (Å²) in [4.78, 5) is 57.3. The minimum Gasteiger partial charge on any atom is -0.483 e. The molecular weight excluding hydrogens is 650 g/mol. The highest BCUT2D eigenvalue weighted by molar-refractivity contribution is 9.10. The van der Waals surface area contributed by atoms with Gasteiger partial charge in [0.25, 0.3) is 5.91 Å². The number of H-pyrrole nitrogens is 1. The van der Waals surface area contributed by atoms with Gasteiger partial charge in [0.15, 0.2) is 6.61 Å². The number of aromatic nitrogens is 1. The molecule has 4 aromatic rings. The summed E-state index contributed by atoms with van der Waals surface area (Å²) >= 11 is 11.7. The van der Waals surface area contributed by atoms with Crippen molar-refractivity contribution in [2.45, 2.75) is 23.1 Å². The van der Waals surface area contributed by atoms with Crippen LogP contribution in [0.15, 0.2) is 81.0 Å². The molecule has 3 amide bonds. The van der Waals surface area contributed by atoms with Crippen molar-refractivity contribution in [2.24, 2.45) is 5.92 Å². The Hall–Kier alpha value is -3.38. The van der Waals surface area contributed by atoms with Crippen molar-refractivity contribution in [1.29, 1.82) is 0 Å². The number of ether oxygens (including phenoxy) is 1. The molecule has 0 radical (unpaired) electrons. The average Bonchev–Trinajstić information content (AvgIpc) is 3.44. The second-order valence-electron chi connectivity index (χ2n) is 9.62. The summed E-state index contributed by atoms with van der Waals surface area (Å²) in [6.45, 7) is 1.63. The number of rotatable bonds is 6. The third kappa shape index (κ3) is 5.34. The molecule has 2 aliphatic rings. The number of aryl methyl sites for hydroxylation is 1. The molecule has 12 heteroatoms. The average molecular weight is 671 g/mol. The Balaban J connectivity index is 1.36. The Morgan fingerprint density at radius 2 is 1.78 bits per heavy atom.